The molecule has 0 aromatic carbocycles. The highest BCUT2D eigenvalue weighted by Crippen LogP contribution is 2.28. The average Bonchev–Trinajstić information content (AvgIpc) is 2.17. The molecule has 0 radical (unpaired) electrons. The van der Waals surface area contributed by atoms with E-state index in [1.807, 2.05) is 6.20 Å². The second kappa shape index (κ2) is 3.66. The van der Waals surface area contributed by atoms with E-state index in [2.05, 4.69) is 58.3 Å². The highest BCUT2D eigenvalue weighted by atomic mass is 127. The molecule has 0 bridgehead atoms. The lowest BCUT2D eigenvalue weighted by atomic mass is 9.87. The first kappa shape index (κ1) is 10.7. The number of hydrogen-bond acceptors (Lipinski definition) is 3. The maximum absolute atomic E-state index is 4.40. The fourth-order valence-corrected chi connectivity index (χ4v) is 2.01. The van der Waals surface area contributed by atoms with Gasteiger partial charge in [-0.25, -0.2) is 4.98 Å². The van der Waals surface area contributed by atoms with Crippen LogP contribution >= 0.6 is 22.6 Å². The number of aromatic nitrogens is 3. The minimum absolute atomic E-state index is 0.0472. The van der Waals surface area contributed by atoms with Gasteiger partial charge < -0.3 is 0 Å². The second-order valence-electron chi connectivity index (χ2n) is 4.47. The van der Waals surface area contributed by atoms with Crippen molar-refractivity contribution in [3.05, 3.63) is 27.9 Å². The number of rotatable bonds is 0. The molecule has 2 aromatic heterocycles. The van der Waals surface area contributed by atoms with E-state index >= 15 is 0 Å². The molecule has 0 amide bonds. The Morgan fingerprint density at radius 1 is 1.00 bits per heavy atom. The maximum Gasteiger partial charge on any atom is 0.129 e. The van der Waals surface area contributed by atoms with Crippen molar-refractivity contribution in [3.63, 3.8) is 0 Å². The molecule has 3 nitrogen and oxygen atoms in total. The Morgan fingerprint density at radius 2 is 1.60 bits per heavy atom. The smallest absolute Gasteiger partial charge is 0.129 e. The first-order valence-corrected chi connectivity index (χ1v) is 5.84. The molecule has 0 fully saturated rings. The van der Waals surface area contributed by atoms with Gasteiger partial charge in [-0.1, -0.05) is 20.8 Å². The standard InChI is InChI=1S/C11H12IN3/c1-11(2,3)7-6-15-10(12)9-8(7)13-4-5-14-9/h4-6H,1-3H3. The van der Waals surface area contributed by atoms with Crippen molar-refractivity contribution in [1.29, 1.82) is 0 Å². The molecule has 2 aromatic rings. The summed E-state index contributed by atoms with van der Waals surface area (Å²) < 4.78 is 0.906. The SMILES string of the molecule is CC(C)(C)c1cnc(I)c2nccnc12. The Morgan fingerprint density at radius 3 is 2.20 bits per heavy atom. The fraction of sp³-hybridized carbons (Fsp3) is 0.364. The molecular formula is C11H12IN3. The number of pyridine rings is 1. The molecule has 0 aliphatic carbocycles. The first-order valence-electron chi connectivity index (χ1n) is 4.76. The molecule has 78 valence electrons. The summed E-state index contributed by atoms with van der Waals surface area (Å²) in [6.07, 6.45) is 5.34. The summed E-state index contributed by atoms with van der Waals surface area (Å²) >= 11 is 2.19. The van der Waals surface area contributed by atoms with Crippen LogP contribution in [0.25, 0.3) is 11.0 Å². The number of hydrogen-bond donors (Lipinski definition) is 0. The van der Waals surface area contributed by atoms with Crippen molar-refractivity contribution < 1.29 is 0 Å². The second-order valence-corrected chi connectivity index (χ2v) is 5.49. The largest absolute Gasteiger partial charge is 0.253 e. The molecule has 2 heterocycles. The van der Waals surface area contributed by atoms with Crippen LogP contribution in [0.3, 0.4) is 0 Å². The molecule has 0 atom stereocenters. The molecule has 0 aliphatic heterocycles. The lowest BCUT2D eigenvalue weighted by Crippen LogP contribution is -2.13. The van der Waals surface area contributed by atoms with Gasteiger partial charge in [-0.05, 0) is 28.0 Å². The number of nitrogens with zero attached hydrogens (tertiary/aromatic N) is 3. The van der Waals surface area contributed by atoms with Crippen molar-refractivity contribution in [2.75, 3.05) is 0 Å². The summed E-state index contributed by atoms with van der Waals surface area (Å²) in [5.41, 5.74) is 3.05. The Kier molecular flexibility index (Phi) is 2.62. The van der Waals surface area contributed by atoms with E-state index in [-0.39, 0.29) is 5.41 Å². The Balaban J connectivity index is 2.84. The lowest BCUT2D eigenvalue weighted by molar-refractivity contribution is 0.591. The summed E-state index contributed by atoms with van der Waals surface area (Å²) in [7, 11) is 0. The average molecular weight is 313 g/mol. The minimum atomic E-state index is 0.0472. The van der Waals surface area contributed by atoms with E-state index in [4.69, 9.17) is 0 Å². The van der Waals surface area contributed by atoms with Gasteiger partial charge in [-0.2, -0.15) is 0 Å². The predicted molar refractivity (Wildman–Crippen MR) is 68.8 cm³/mol. The van der Waals surface area contributed by atoms with Crippen LogP contribution in [-0.2, 0) is 5.41 Å². The van der Waals surface area contributed by atoms with E-state index < -0.39 is 0 Å². The summed E-state index contributed by atoms with van der Waals surface area (Å²) in [5.74, 6) is 0. The van der Waals surface area contributed by atoms with Crippen molar-refractivity contribution in [1.82, 2.24) is 15.0 Å². The minimum Gasteiger partial charge on any atom is -0.253 e. The summed E-state index contributed by atoms with van der Waals surface area (Å²) in [6, 6.07) is 0. The van der Waals surface area contributed by atoms with Gasteiger partial charge in [0.1, 0.15) is 9.22 Å². The number of halogens is 1. The van der Waals surface area contributed by atoms with Crippen LogP contribution in [0.15, 0.2) is 18.6 Å². The topological polar surface area (TPSA) is 38.7 Å². The third kappa shape index (κ3) is 1.95. The van der Waals surface area contributed by atoms with Crippen LogP contribution in [0.1, 0.15) is 26.3 Å². The van der Waals surface area contributed by atoms with Crippen molar-refractivity contribution in [2.24, 2.45) is 0 Å². The highest BCUT2D eigenvalue weighted by Gasteiger charge is 2.19. The molecule has 0 saturated heterocycles. The van der Waals surface area contributed by atoms with Crippen molar-refractivity contribution in [2.45, 2.75) is 26.2 Å². The van der Waals surface area contributed by atoms with Crippen LogP contribution in [-0.4, -0.2) is 15.0 Å². The molecule has 2 rings (SSSR count). The van der Waals surface area contributed by atoms with Crippen molar-refractivity contribution in [3.8, 4) is 0 Å². The van der Waals surface area contributed by atoms with Crippen LogP contribution in [0.2, 0.25) is 0 Å². The quantitative estimate of drug-likeness (QED) is 0.554. The fourth-order valence-electron chi connectivity index (χ4n) is 1.48. The summed E-state index contributed by atoms with van der Waals surface area (Å²) in [5, 5.41) is 0. The zero-order valence-corrected chi connectivity index (χ0v) is 11.1. The van der Waals surface area contributed by atoms with Gasteiger partial charge in [-0.15, -0.1) is 0 Å². The third-order valence-electron chi connectivity index (χ3n) is 2.26. The summed E-state index contributed by atoms with van der Waals surface area (Å²) in [4.78, 5) is 13.1. The highest BCUT2D eigenvalue weighted by molar-refractivity contribution is 14.1. The summed E-state index contributed by atoms with van der Waals surface area (Å²) in [6.45, 7) is 6.47. The zero-order valence-electron chi connectivity index (χ0n) is 8.95. The lowest BCUT2D eigenvalue weighted by Gasteiger charge is -2.19. The molecule has 0 spiro atoms. The molecule has 0 aliphatic rings. The van der Waals surface area contributed by atoms with Gasteiger partial charge in [0.25, 0.3) is 0 Å². The molecule has 0 saturated carbocycles. The predicted octanol–water partition coefficient (Wildman–Crippen LogP) is 2.93. The van der Waals surface area contributed by atoms with Gasteiger partial charge in [0.15, 0.2) is 0 Å². The monoisotopic (exact) mass is 313 g/mol. The van der Waals surface area contributed by atoms with E-state index in [0.29, 0.717) is 0 Å². The van der Waals surface area contributed by atoms with Crippen LogP contribution in [0.5, 0.6) is 0 Å². The van der Waals surface area contributed by atoms with Gasteiger partial charge in [0.2, 0.25) is 0 Å². The third-order valence-corrected chi connectivity index (χ3v) is 3.05. The van der Waals surface area contributed by atoms with Crippen LogP contribution in [0.4, 0.5) is 0 Å². The van der Waals surface area contributed by atoms with E-state index in [0.717, 1.165) is 20.3 Å². The molecule has 15 heavy (non-hydrogen) atoms. The van der Waals surface area contributed by atoms with Gasteiger partial charge in [-0.3, -0.25) is 9.97 Å². The van der Waals surface area contributed by atoms with E-state index in [9.17, 15) is 0 Å². The molecule has 0 unspecified atom stereocenters. The molecule has 4 heteroatoms. The van der Waals surface area contributed by atoms with Crippen LogP contribution in [0, 0.1) is 3.70 Å². The van der Waals surface area contributed by atoms with Crippen molar-refractivity contribution >= 4 is 33.6 Å². The Hall–Kier alpha value is -0.780. The maximum atomic E-state index is 4.40. The molecular weight excluding hydrogens is 301 g/mol. The van der Waals surface area contributed by atoms with E-state index in [1.165, 1.54) is 0 Å². The zero-order chi connectivity index (χ0) is 11.1. The van der Waals surface area contributed by atoms with Gasteiger partial charge >= 0.3 is 0 Å². The Labute approximate surface area is 102 Å². The molecule has 0 N–H and O–H groups in total. The normalized spacial score (nSPS) is 12.0. The van der Waals surface area contributed by atoms with Gasteiger partial charge in [0, 0.05) is 24.2 Å². The van der Waals surface area contributed by atoms with E-state index in [1.54, 1.807) is 12.4 Å². The first-order chi connectivity index (χ1) is 7.00. The van der Waals surface area contributed by atoms with Crippen LogP contribution < -0.4 is 0 Å². The number of fused-ring (bicyclic) bond motifs is 1. The van der Waals surface area contributed by atoms with Gasteiger partial charge in [0.05, 0.1) is 5.52 Å². The Bertz CT molecular complexity index is 503.